The molecule has 1 fully saturated rings. The van der Waals surface area contributed by atoms with Crippen molar-refractivity contribution in [3.63, 3.8) is 0 Å². The summed E-state index contributed by atoms with van der Waals surface area (Å²) in [6.45, 7) is 7.93. The summed E-state index contributed by atoms with van der Waals surface area (Å²) >= 11 is 0. The Bertz CT molecular complexity index is 484. The number of hydrogen-bond donors (Lipinski definition) is 1. The third kappa shape index (κ3) is 3.26. The lowest BCUT2D eigenvalue weighted by Crippen LogP contribution is -2.50. The zero-order valence-corrected chi connectivity index (χ0v) is 13.7. The van der Waals surface area contributed by atoms with E-state index in [-0.39, 0.29) is 0 Å². The number of benzene rings is 1. The fourth-order valence-corrected chi connectivity index (χ4v) is 4.27. The fraction of sp³-hybridized carbons (Fsp3) is 0.684. The van der Waals surface area contributed by atoms with Crippen molar-refractivity contribution < 1.29 is 4.74 Å². The Kier molecular flexibility index (Phi) is 4.54. The molecular formula is C19H29NO. The number of fused-ring (bicyclic) bond motifs is 1. The van der Waals surface area contributed by atoms with Crippen LogP contribution in [0.4, 0.5) is 0 Å². The van der Waals surface area contributed by atoms with E-state index in [0.29, 0.717) is 18.1 Å². The van der Waals surface area contributed by atoms with Crippen LogP contribution in [-0.4, -0.2) is 18.7 Å². The van der Waals surface area contributed by atoms with E-state index >= 15 is 0 Å². The second-order valence-corrected chi connectivity index (χ2v) is 7.08. The van der Waals surface area contributed by atoms with E-state index in [2.05, 4.69) is 44.3 Å². The molecule has 0 heterocycles. The smallest absolute Gasteiger partial charge is 0.120 e. The second-order valence-electron chi connectivity index (χ2n) is 7.08. The lowest BCUT2D eigenvalue weighted by molar-refractivity contribution is 0.0483. The van der Waals surface area contributed by atoms with Gasteiger partial charge in [0.2, 0.25) is 0 Å². The first-order chi connectivity index (χ1) is 10.2. The molecule has 0 spiro atoms. The molecule has 1 saturated carbocycles. The van der Waals surface area contributed by atoms with Crippen LogP contribution in [-0.2, 0) is 12.8 Å². The van der Waals surface area contributed by atoms with Crippen molar-refractivity contribution >= 4 is 0 Å². The summed E-state index contributed by atoms with van der Waals surface area (Å²) in [6, 6.07) is 7.23. The van der Waals surface area contributed by atoms with Gasteiger partial charge < -0.3 is 10.1 Å². The van der Waals surface area contributed by atoms with Crippen LogP contribution >= 0.6 is 0 Å². The molecule has 4 atom stereocenters. The Morgan fingerprint density at radius 3 is 2.76 bits per heavy atom. The predicted octanol–water partition coefficient (Wildman–Crippen LogP) is 3.97. The van der Waals surface area contributed by atoms with Gasteiger partial charge in [0.1, 0.15) is 11.9 Å². The van der Waals surface area contributed by atoms with Gasteiger partial charge in [-0.3, -0.25) is 0 Å². The van der Waals surface area contributed by atoms with Crippen LogP contribution in [0.2, 0.25) is 0 Å². The van der Waals surface area contributed by atoms with Gasteiger partial charge in [0.05, 0.1) is 0 Å². The molecular weight excluding hydrogens is 258 g/mol. The molecule has 2 aliphatic carbocycles. The Morgan fingerprint density at radius 1 is 1.14 bits per heavy atom. The minimum absolute atomic E-state index is 0.306. The standard InChI is InChI=1S/C19H29NO/c1-4-20-18-11-13(2)10-14(3)19(18)21-17-9-8-15-6-5-7-16(15)12-17/h8-9,12-14,18-20H,4-7,10-11H2,1-3H3. The first-order valence-electron chi connectivity index (χ1n) is 8.69. The van der Waals surface area contributed by atoms with E-state index in [1.165, 1.54) is 43.2 Å². The van der Waals surface area contributed by atoms with Gasteiger partial charge in [-0.1, -0.05) is 26.8 Å². The molecule has 0 bridgehead atoms. The predicted molar refractivity (Wildman–Crippen MR) is 87.9 cm³/mol. The average Bonchev–Trinajstić information content (AvgIpc) is 2.90. The van der Waals surface area contributed by atoms with E-state index in [4.69, 9.17) is 4.74 Å². The van der Waals surface area contributed by atoms with Gasteiger partial charge in [-0.25, -0.2) is 0 Å². The summed E-state index contributed by atoms with van der Waals surface area (Å²) in [5, 5.41) is 3.64. The Balaban J connectivity index is 1.74. The van der Waals surface area contributed by atoms with Crippen molar-refractivity contribution in [2.24, 2.45) is 11.8 Å². The third-order valence-electron chi connectivity index (χ3n) is 5.20. The lowest BCUT2D eigenvalue weighted by Gasteiger charge is -2.40. The molecule has 0 aliphatic heterocycles. The van der Waals surface area contributed by atoms with Gasteiger partial charge in [0.15, 0.2) is 0 Å². The molecule has 2 aliphatic rings. The van der Waals surface area contributed by atoms with Gasteiger partial charge in [0.25, 0.3) is 0 Å². The summed E-state index contributed by atoms with van der Waals surface area (Å²) in [5.74, 6) is 2.49. The van der Waals surface area contributed by atoms with Crippen molar-refractivity contribution in [3.05, 3.63) is 29.3 Å². The molecule has 0 radical (unpaired) electrons. The minimum atomic E-state index is 0.306. The molecule has 2 heteroatoms. The van der Waals surface area contributed by atoms with Gasteiger partial charge >= 0.3 is 0 Å². The molecule has 116 valence electrons. The number of ether oxygens (including phenoxy) is 1. The van der Waals surface area contributed by atoms with Gasteiger partial charge in [-0.2, -0.15) is 0 Å². The molecule has 1 aromatic carbocycles. The van der Waals surface area contributed by atoms with Crippen molar-refractivity contribution in [2.75, 3.05) is 6.54 Å². The van der Waals surface area contributed by atoms with Crippen LogP contribution in [0.15, 0.2) is 18.2 Å². The first kappa shape index (κ1) is 14.9. The third-order valence-corrected chi connectivity index (χ3v) is 5.20. The monoisotopic (exact) mass is 287 g/mol. The van der Waals surface area contributed by atoms with Crippen molar-refractivity contribution in [3.8, 4) is 5.75 Å². The van der Waals surface area contributed by atoms with Crippen LogP contribution in [0, 0.1) is 11.8 Å². The molecule has 21 heavy (non-hydrogen) atoms. The van der Waals surface area contributed by atoms with E-state index in [0.717, 1.165) is 18.2 Å². The maximum absolute atomic E-state index is 6.44. The highest BCUT2D eigenvalue weighted by molar-refractivity contribution is 5.38. The van der Waals surface area contributed by atoms with Crippen LogP contribution in [0.5, 0.6) is 5.75 Å². The minimum Gasteiger partial charge on any atom is -0.489 e. The quantitative estimate of drug-likeness (QED) is 0.905. The normalized spacial score (nSPS) is 32.0. The maximum atomic E-state index is 6.44. The number of aryl methyl sites for hydroxylation is 2. The second kappa shape index (κ2) is 6.39. The van der Waals surface area contributed by atoms with Gasteiger partial charge in [0, 0.05) is 6.04 Å². The summed E-state index contributed by atoms with van der Waals surface area (Å²) in [5.41, 5.74) is 3.03. The SMILES string of the molecule is CCNC1CC(C)CC(C)C1Oc1ccc2c(c1)CCC2. The molecule has 0 saturated heterocycles. The largest absolute Gasteiger partial charge is 0.489 e. The van der Waals surface area contributed by atoms with Gasteiger partial charge in [-0.05, 0) is 73.7 Å². The highest BCUT2D eigenvalue weighted by Crippen LogP contribution is 2.33. The summed E-state index contributed by atoms with van der Waals surface area (Å²) < 4.78 is 6.44. The highest BCUT2D eigenvalue weighted by atomic mass is 16.5. The van der Waals surface area contributed by atoms with E-state index < -0.39 is 0 Å². The number of likely N-dealkylation sites (N-methyl/N-ethyl adjacent to an activating group) is 1. The molecule has 2 nitrogen and oxygen atoms in total. The molecule has 0 amide bonds. The molecule has 0 aromatic heterocycles. The Labute approximate surface area is 129 Å². The molecule has 1 aromatic rings. The molecule has 4 unspecified atom stereocenters. The van der Waals surface area contributed by atoms with Crippen molar-refractivity contribution in [2.45, 2.75) is 65.0 Å². The average molecular weight is 287 g/mol. The summed E-state index contributed by atoms with van der Waals surface area (Å²) in [4.78, 5) is 0. The van der Waals surface area contributed by atoms with E-state index in [1.54, 1.807) is 0 Å². The van der Waals surface area contributed by atoms with Crippen LogP contribution in [0.1, 0.15) is 51.2 Å². The summed E-state index contributed by atoms with van der Waals surface area (Å²) in [6.07, 6.45) is 6.58. The zero-order valence-electron chi connectivity index (χ0n) is 13.7. The summed E-state index contributed by atoms with van der Waals surface area (Å²) in [7, 11) is 0. The van der Waals surface area contributed by atoms with Crippen LogP contribution in [0.3, 0.4) is 0 Å². The Morgan fingerprint density at radius 2 is 1.95 bits per heavy atom. The van der Waals surface area contributed by atoms with E-state index in [1.807, 2.05) is 0 Å². The Hall–Kier alpha value is -1.02. The van der Waals surface area contributed by atoms with Gasteiger partial charge in [-0.15, -0.1) is 0 Å². The number of rotatable bonds is 4. The lowest BCUT2D eigenvalue weighted by atomic mass is 9.78. The van der Waals surface area contributed by atoms with Crippen molar-refractivity contribution in [1.29, 1.82) is 0 Å². The van der Waals surface area contributed by atoms with E-state index in [9.17, 15) is 0 Å². The highest BCUT2D eigenvalue weighted by Gasteiger charge is 2.35. The molecule has 3 rings (SSSR count). The number of nitrogens with one attached hydrogen (secondary N) is 1. The van der Waals surface area contributed by atoms with Crippen LogP contribution < -0.4 is 10.1 Å². The van der Waals surface area contributed by atoms with Crippen molar-refractivity contribution in [1.82, 2.24) is 5.32 Å². The zero-order chi connectivity index (χ0) is 14.8. The fourth-order valence-electron chi connectivity index (χ4n) is 4.27. The van der Waals surface area contributed by atoms with Crippen LogP contribution in [0.25, 0.3) is 0 Å². The molecule has 1 N–H and O–H groups in total. The first-order valence-corrected chi connectivity index (χ1v) is 8.69. The number of hydrogen-bond acceptors (Lipinski definition) is 2. The maximum Gasteiger partial charge on any atom is 0.120 e. The topological polar surface area (TPSA) is 21.3 Å².